The summed E-state index contributed by atoms with van der Waals surface area (Å²) in [5.41, 5.74) is 7.01. The lowest BCUT2D eigenvalue weighted by Gasteiger charge is -2.11. The summed E-state index contributed by atoms with van der Waals surface area (Å²) in [5.74, 6) is 6.27. The average molecular weight is 239 g/mol. The second-order valence-corrected chi connectivity index (χ2v) is 4.19. The maximum atomic E-state index is 5.59. The molecule has 92 valence electrons. The first-order valence-corrected chi connectivity index (χ1v) is 5.89. The number of rotatable bonds is 2. The van der Waals surface area contributed by atoms with Gasteiger partial charge in [0, 0.05) is 5.56 Å². The van der Waals surface area contributed by atoms with E-state index in [1.165, 1.54) is 11.1 Å². The fourth-order valence-corrected chi connectivity index (χ4v) is 1.81. The molecule has 0 aliphatic carbocycles. The Morgan fingerprint density at radius 2 is 1.72 bits per heavy atom. The molecule has 0 aliphatic rings. The number of aryl methyl sites for hydroxylation is 1. The molecule has 0 amide bonds. The Morgan fingerprint density at radius 3 is 2.39 bits per heavy atom. The van der Waals surface area contributed by atoms with E-state index in [9.17, 15) is 0 Å². The molecular weight excluding hydrogens is 222 g/mol. The smallest absolute Gasteiger partial charge is 0.148 e. The number of aliphatic imine (C=N–C) groups is 1. The van der Waals surface area contributed by atoms with Crippen molar-refractivity contribution >= 4 is 11.5 Å². The van der Waals surface area contributed by atoms with Crippen molar-refractivity contribution < 1.29 is 0 Å². The van der Waals surface area contributed by atoms with Gasteiger partial charge in [-0.1, -0.05) is 36.4 Å². The highest BCUT2D eigenvalue weighted by atomic mass is 15.2. The normalized spacial score (nSPS) is 11.4. The first-order valence-electron chi connectivity index (χ1n) is 5.89. The van der Waals surface area contributed by atoms with Crippen molar-refractivity contribution in [2.45, 2.75) is 13.8 Å². The lowest BCUT2D eigenvalue weighted by atomic mass is 10.0. The van der Waals surface area contributed by atoms with Crippen molar-refractivity contribution in [1.29, 1.82) is 0 Å². The van der Waals surface area contributed by atoms with E-state index in [0.717, 1.165) is 11.3 Å². The van der Waals surface area contributed by atoms with E-state index >= 15 is 0 Å². The van der Waals surface area contributed by atoms with Crippen LogP contribution in [0.4, 0.5) is 5.69 Å². The monoisotopic (exact) mass is 239 g/mol. The molecule has 0 atom stereocenters. The summed E-state index contributed by atoms with van der Waals surface area (Å²) in [5, 5.41) is 0. The number of hydrazine groups is 1. The van der Waals surface area contributed by atoms with Gasteiger partial charge in [0.05, 0.1) is 5.69 Å². The molecule has 0 bridgehead atoms. The predicted octanol–water partition coefficient (Wildman–Crippen LogP) is 2.85. The number of nitrogens with two attached hydrogens (primary N) is 1. The molecule has 3 nitrogen and oxygen atoms in total. The van der Waals surface area contributed by atoms with Crippen molar-refractivity contribution in [2.24, 2.45) is 10.8 Å². The topological polar surface area (TPSA) is 50.4 Å². The molecule has 2 aromatic carbocycles. The lowest BCUT2D eigenvalue weighted by molar-refractivity contribution is 1.02. The fourth-order valence-electron chi connectivity index (χ4n) is 1.81. The summed E-state index contributed by atoms with van der Waals surface area (Å²) >= 11 is 0. The first kappa shape index (κ1) is 12.3. The number of amidine groups is 1. The Balaban J connectivity index is 2.46. The van der Waals surface area contributed by atoms with E-state index in [-0.39, 0.29) is 0 Å². The Kier molecular flexibility index (Phi) is 3.75. The number of hydrogen-bond donors (Lipinski definition) is 2. The van der Waals surface area contributed by atoms with Gasteiger partial charge in [-0.2, -0.15) is 0 Å². The second kappa shape index (κ2) is 5.47. The van der Waals surface area contributed by atoms with Crippen LogP contribution in [0, 0.1) is 13.8 Å². The molecule has 0 radical (unpaired) electrons. The van der Waals surface area contributed by atoms with E-state index in [4.69, 9.17) is 5.84 Å². The lowest BCUT2D eigenvalue weighted by Crippen LogP contribution is -2.31. The van der Waals surface area contributed by atoms with Gasteiger partial charge in [-0.25, -0.2) is 10.8 Å². The zero-order valence-corrected chi connectivity index (χ0v) is 10.6. The molecule has 0 aromatic heterocycles. The van der Waals surface area contributed by atoms with Crippen LogP contribution in [0.1, 0.15) is 16.7 Å². The molecule has 0 heterocycles. The minimum Gasteiger partial charge on any atom is -0.308 e. The molecular formula is C15H17N3. The average Bonchev–Trinajstić information content (AvgIpc) is 2.41. The molecule has 0 saturated heterocycles. The van der Waals surface area contributed by atoms with Gasteiger partial charge in [-0.05, 0) is 37.1 Å². The number of benzene rings is 2. The van der Waals surface area contributed by atoms with Crippen LogP contribution >= 0.6 is 0 Å². The van der Waals surface area contributed by atoms with E-state index in [1.807, 2.05) is 42.5 Å². The van der Waals surface area contributed by atoms with Crippen LogP contribution in [0.5, 0.6) is 0 Å². The maximum Gasteiger partial charge on any atom is 0.148 e. The van der Waals surface area contributed by atoms with E-state index in [2.05, 4.69) is 30.3 Å². The number of nitrogens with one attached hydrogen (secondary N) is 1. The third kappa shape index (κ3) is 2.57. The maximum absolute atomic E-state index is 5.59. The minimum absolute atomic E-state index is 0.683. The zero-order valence-electron chi connectivity index (χ0n) is 10.6. The Hall–Kier alpha value is -2.13. The summed E-state index contributed by atoms with van der Waals surface area (Å²) in [4.78, 5) is 4.53. The minimum atomic E-state index is 0.683. The first-order chi connectivity index (χ1) is 8.72. The van der Waals surface area contributed by atoms with Gasteiger partial charge in [0.2, 0.25) is 0 Å². The van der Waals surface area contributed by atoms with Crippen molar-refractivity contribution in [3.8, 4) is 0 Å². The molecule has 3 heteroatoms. The van der Waals surface area contributed by atoms with Gasteiger partial charge < -0.3 is 5.43 Å². The highest BCUT2D eigenvalue weighted by Crippen LogP contribution is 2.16. The zero-order chi connectivity index (χ0) is 13.0. The van der Waals surface area contributed by atoms with E-state index in [0.29, 0.717) is 5.84 Å². The van der Waals surface area contributed by atoms with E-state index < -0.39 is 0 Å². The number of hydrogen-bond acceptors (Lipinski definition) is 2. The molecule has 0 saturated carbocycles. The van der Waals surface area contributed by atoms with Gasteiger partial charge in [-0.15, -0.1) is 0 Å². The number of nitrogens with zero attached hydrogens (tertiary/aromatic N) is 1. The van der Waals surface area contributed by atoms with Gasteiger partial charge in [0.25, 0.3) is 0 Å². The molecule has 0 fully saturated rings. The fraction of sp³-hybridized carbons (Fsp3) is 0.133. The Bertz CT molecular complexity index is 559. The molecule has 3 N–H and O–H groups in total. The molecule has 0 unspecified atom stereocenters. The standard InChI is InChI=1S/C15H17N3/c1-11-7-6-10-14(12(11)2)15(18-16)17-13-8-4-3-5-9-13/h3-10H,16H2,1-2H3,(H,17,18). The van der Waals surface area contributed by atoms with Crippen LogP contribution < -0.4 is 11.3 Å². The summed E-state index contributed by atoms with van der Waals surface area (Å²) in [6.07, 6.45) is 0. The molecule has 2 rings (SSSR count). The van der Waals surface area contributed by atoms with Crippen molar-refractivity contribution in [1.82, 2.24) is 5.43 Å². The number of para-hydroxylation sites is 1. The van der Waals surface area contributed by atoms with Crippen LogP contribution in [0.2, 0.25) is 0 Å². The van der Waals surface area contributed by atoms with Crippen LogP contribution in [0.3, 0.4) is 0 Å². The SMILES string of the molecule is Cc1cccc(C(=Nc2ccccc2)NN)c1C. The third-order valence-electron chi connectivity index (χ3n) is 2.99. The summed E-state index contributed by atoms with van der Waals surface area (Å²) in [6, 6.07) is 15.9. The summed E-state index contributed by atoms with van der Waals surface area (Å²) in [7, 11) is 0. The van der Waals surface area contributed by atoms with Gasteiger partial charge in [0.15, 0.2) is 0 Å². The van der Waals surface area contributed by atoms with Crippen LogP contribution in [-0.4, -0.2) is 5.84 Å². The van der Waals surface area contributed by atoms with Crippen LogP contribution in [0.25, 0.3) is 0 Å². The third-order valence-corrected chi connectivity index (χ3v) is 2.99. The molecule has 18 heavy (non-hydrogen) atoms. The van der Waals surface area contributed by atoms with Crippen LogP contribution in [-0.2, 0) is 0 Å². The van der Waals surface area contributed by atoms with Crippen molar-refractivity contribution in [2.75, 3.05) is 0 Å². The molecule has 2 aromatic rings. The van der Waals surface area contributed by atoms with Gasteiger partial charge in [0.1, 0.15) is 5.84 Å². The second-order valence-electron chi connectivity index (χ2n) is 4.19. The highest BCUT2D eigenvalue weighted by molar-refractivity contribution is 6.01. The van der Waals surface area contributed by atoms with Crippen molar-refractivity contribution in [3.63, 3.8) is 0 Å². The van der Waals surface area contributed by atoms with Crippen LogP contribution in [0.15, 0.2) is 53.5 Å². The van der Waals surface area contributed by atoms with Crippen molar-refractivity contribution in [3.05, 3.63) is 65.2 Å². The Morgan fingerprint density at radius 1 is 1.00 bits per heavy atom. The summed E-state index contributed by atoms with van der Waals surface area (Å²) < 4.78 is 0. The quantitative estimate of drug-likeness (QED) is 0.366. The molecule has 0 aliphatic heterocycles. The highest BCUT2D eigenvalue weighted by Gasteiger charge is 2.06. The molecule has 0 spiro atoms. The van der Waals surface area contributed by atoms with Gasteiger partial charge >= 0.3 is 0 Å². The summed E-state index contributed by atoms with van der Waals surface area (Å²) in [6.45, 7) is 4.15. The van der Waals surface area contributed by atoms with Gasteiger partial charge in [-0.3, -0.25) is 0 Å². The van der Waals surface area contributed by atoms with E-state index in [1.54, 1.807) is 0 Å². The predicted molar refractivity (Wildman–Crippen MR) is 75.9 cm³/mol. The Labute approximate surface area is 107 Å². The largest absolute Gasteiger partial charge is 0.308 e.